The minimum Gasteiger partial charge on any atom is -0.494 e. The van der Waals surface area contributed by atoms with Gasteiger partial charge in [0.2, 0.25) is 10.0 Å². The number of ether oxygens (including phenoxy) is 1. The minimum atomic E-state index is -3.43. The Kier molecular flexibility index (Phi) is 6.39. The van der Waals surface area contributed by atoms with E-state index in [1.807, 2.05) is 43.3 Å². The Morgan fingerprint density at radius 1 is 0.889 bits per heavy atom. The molecule has 1 aliphatic rings. The van der Waals surface area contributed by atoms with Crippen LogP contribution in [0.5, 0.6) is 5.75 Å². The summed E-state index contributed by atoms with van der Waals surface area (Å²) >= 11 is 0. The number of piperazine rings is 1. The summed E-state index contributed by atoms with van der Waals surface area (Å²) in [6.45, 7) is 7.08. The molecule has 0 bridgehead atoms. The third-order valence-electron chi connectivity index (χ3n) is 4.85. The zero-order valence-corrected chi connectivity index (χ0v) is 16.9. The normalized spacial score (nSPS) is 15.7. The van der Waals surface area contributed by atoms with Crippen LogP contribution >= 0.6 is 0 Å². The van der Waals surface area contributed by atoms with Crippen LogP contribution < -0.4 is 9.64 Å². The van der Waals surface area contributed by atoms with Crippen molar-refractivity contribution in [2.45, 2.75) is 31.6 Å². The molecule has 27 heavy (non-hydrogen) atoms. The molecule has 6 heteroatoms. The van der Waals surface area contributed by atoms with Crippen molar-refractivity contribution in [1.29, 1.82) is 0 Å². The van der Waals surface area contributed by atoms with Gasteiger partial charge in [0.25, 0.3) is 0 Å². The van der Waals surface area contributed by atoms with Crippen LogP contribution in [0.1, 0.15) is 25.8 Å². The van der Waals surface area contributed by atoms with E-state index in [-0.39, 0.29) is 0 Å². The van der Waals surface area contributed by atoms with Gasteiger partial charge in [0.15, 0.2) is 0 Å². The summed E-state index contributed by atoms with van der Waals surface area (Å²) in [4.78, 5) is 2.60. The van der Waals surface area contributed by atoms with Crippen molar-refractivity contribution in [3.05, 3.63) is 54.1 Å². The van der Waals surface area contributed by atoms with Gasteiger partial charge in [-0.05, 0) is 55.3 Å². The van der Waals surface area contributed by atoms with Crippen LogP contribution in [0.3, 0.4) is 0 Å². The Bertz CT molecular complexity index is 825. The summed E-state index contributed by atoms with van der Waals surface area (Å²) in [5.41, 5.74) is 2.27. The molecule has 0 spiro atoms. The average Bonchev–Trinajstić information content (AvgIpc) is 2.70. The van der Waals surface area contributed by atoms with Gasteiger partial charge >= 0.3 is 0 Å². The molecule has 0 radical (unpaired) electrons. The van der Waals surface area contributed by atoms with E-state index >= 15 is 0 Å². The average molecular weight is 389 g/mol. The standard InChI is InChI=1S/C21H28N2O3S/c1-3-5-18-6-12-21(13-7-18)27(24,25)23-16-14-22(15-17-23)19-8-10-20(11-9-19)26-4-2/h6-13H,3-5,14-17H2,1-2H3. The van der Waals surface area contributed by atoms with Crippen LogP contribution in [0.4, 0.5) is 5.69 Å². The zero-order valence-electron chi connectivity index (χ0n) is 16.1. The third-order valence-corrected chi connectivity index (χ3v) is 6.76. The van der Waals surface area contributed by atoms with Crippen molar-refractivity contribution >= 4 is 15.7 Å². The molecular weight excluding hydrogens is 360 g/mol. The Morgan fingerprint density at radius 2 is 1.52 bits per heavy atom. The van der Waals surface area contributed by atoms with Crippen LogP contribution in [0, 0.1) is 0 Å². The molecule has 1 heterocycles. The Labute approximate surface area is 162 Å². The van der Waals surface area contributed by atoms with Crippen LogP contribution in [-0.4, -0.2) is 45.5 Å². The minimum absolute atomic E-state index is 0.386. The Morgan fingerprint density at radius 3 is 2.07 bits per heavy atom. The number of aryl methyl sites for hydroxylation is 1. The maximum atomic E-state index is 12.9. The molecule has 0 aliphatic carbocycles. The summed E-state index contributed by atoms with van der Waals surface area (Å²) < 4.78 is 32.9. The van der Waals surface area contributed by atoms with Gasteiger partial charge in [0.05, 0.1) is 11.5 Å². The summed E-state index contributed by atoms with van der Waals surface area (Å²) in [6, 6.07) is 15.3. The largest absolute Gasteiger partial charge is 0.494 e. The van der Waals surface area contributed by atoms with Crippen molar-refractivity contribution in [3.8, 4) is 5.75 Å². The summed E-state index contributed by atoms with van der Waals surface area (Å²) in [5, 5.41) is 0. The quantitative estimate of drug-likeness (QED) is 0.728. The Hall–Kier alpha value is -2.05. The first-order valence-corrected chi connectivity index (χ1v) is 11.1. The molecule has 0 aromatic heterocycles. The van der Waals surface area contributed by atoms with Crippen molar-refractivity contribution in [2.75, 3.05) is 37.7 Å². The fraction of sp³-hybridized carbons (Fsp3) is 0.429. The number of nitrogens with zero attached hydrogens (tertiary/aromatic N) is 2. The fourth-order valence-corrected chi connectivity index (χ4v) is 4.79. The molecule has 1 fully saturated rings. The van der Waals surface area contributed by atoms with Gasteiger partial charge in [-0.1, -0.05) is 25.5 Å². The van der Waals surface area contributed by atoms with E-state index in [2.05, 4.69) is 11.8 Å². The van der Waals surface area contributed by atoms with Crippen molar-refractivity contribution in [1.82, 2.24) is 4.31 Å². The fourth-order valence-electron chi connectivity index (χ4n) is 3.37. The van der Waals surface area contributed by atoms with Gasteiger partial charge in [-0.2, -0.15) is 4.31 Å². The molecule has 2 aromatic rings. The van der Waals surface area contributed by atoms with E-state index in [1.54, 1.807) is 16.4 Å². The highest BCUT2D eigenvalue weighted by atomic mass is 32.2. The molecule has 0 saturated carbocycles. The first-order valence-electron chi connectivity index (χ1n) is 9.61. The SMILES string of the molecule is CCCc1ccc(S(=O)(=O)N2CCN(c3ccc(OCC)cc3)CC2)cc1. The smallest absolute Gasteiger partial charge is 0.243 e. The predicted molar refractivity (Wildman–Crippen MR) is 109 cm³/mol. The first-order chi connectivity index (χ1) is 13.0. The van der Waals surface area contributed by atoms with Gasteiger partial charge in [-0.15, -0.1) is 0 Å². The second-order valence-electron chi connectivity index (χ2n) is 6.71. The highest BCUT2D eigenvalue weighted by molar-refractivity contribution is 7.89. The van der Waals surface area contributed by atoms with Crippen molar-refractivity contribution in [2.24, 2.45) is 0 Å². The molecule has 0 amide bonds. The van der Waals surface area contributed by atoms with Gasteiger partial charge < -0.3 is 9.64 Å². The zero-order chi connectivity index (χ0) is 19.3. The lowest BCUT2D eigenvalue weighted by atomic mass is 10.1. The number of rotatable bonds is 7. The molecule has 3 rings (SSSR count). The monoisotopic (exact) mass is 388 g/mol. The first kappa shape index (κ1) is 19.7. The van der Waals surface area contributed by atoms with Gasteiger partial charge in [0.1, 0.15) is 5.75 Å². The van der Waals surface area contributed by atoms with Crippen molar-refractivity contribution in [3.63, 3.8) is 0 Å². The molecule has 1 saturated heterocycles. The lowest BCUT2D eigenvalue weighted by Crippen LogP contribution is -2.48. The molecule has 1 aliphatic heterocycles. The Balaban J connectivity index is 1.63. The molecule has 2 aromatic carbocycles. The van der Waals surface area contributed by atoms with Crippen LogP contribution in [0.15, 0.2) is 53.4 Å². The molecule has 0 atom stereocenters. The van der Waals surface area contributed by atoms with Gasteiger partial charge in [0, 0.05) is 31.9 Å². The lowest BCUT2D eigenvalue weighted by Gasteiger charge is -2.35. The number of hydrogen-bond donors (Lipinski definition) is 0. The van der Waals surface area contributed by atoms with Crippen LogP contribution in [0.2, 0.25) is 0 Å². The number of hydrogen-bond acceptors (Lipinski definition) is 4. The van der Waals surface area contributed by atoms with Gasteiger partial charge in [-0.3, -0.25) is 0 Å². The molecule has 0 unspecified atom stereocenters. The summed E-state index contributed by atoms with van der Waals surface area (Å²) in [6.07, 6.45) is 2.03. The van der Waals surface area contributed by atoms with Crippen LogP contribution in [0.25, 0.3) is 0 Å². The number of sulfonamides is 1. The van der Waals surface area contributed by atoms with E-state index < -0.39 is 10.0 Å². The molecule has 5 nitrogen and oxygen atoms in total. The van der Waals surface area contributed by atoms with E-state index in [1.165, 1.54) is 5.56 Å². The molecule has 0 N–H and O–H groups in total. The summed E-state index contributed by atoms with van der Waals surface area (Å²) in [7, 11) is -3.43. The van der Waals surface area contributed by atoms with Crippen molar-refractivity contribution < 1.29 is 13.2 Å². The molecular formula is C21H28N2O3S. The van der Waals surface area contributed by atoms with Crippen LogP contribution in [-0.2, 0) is 16.4 Å². The maximum Gasteiger partial charge on any atom is 0.243 e. The van der Waals surface area contributed by atoms with E-state index in [0.717, 1.165) is 24.3 Å². The number of anilines is 1. The van der Waals surface area contributed by atoms with Gasteiger partial charge in [-0.25, -0.2) is 8.42 Å². The van der Waals surface area contributed by atoms with E-state index in [0.29, 0.717) is 37.7 Å². The second kappa shape index (κ2) is 8.76. The highest BCUT2D eigenvalue weighted by Crippen LogP contribution is 2.23. The topological polar surface area (TPSA) is 49.9 Å². The predicted octanol–water partition coefficient (Wildman–Crippen LogP) is 3.55. The van der Waals surface area contributed by atoms with E-state index in [4.69, 9.17) is 4.74 Å². The second-order valence-corrected chi connectivity index (χ2v) is 8.65. The molecule has 146 valence electrons. The third kappa shape index (κ3) is 4.62. The maximum absolute atomic E-state index is 12.9. The lowest BCUT2D eigenvalue weighted by molar-refractivity contribution is 0.340. The summed E-state index contributed by atoms with van der Waals surface area (Å²) in [5.74, 6) is 0.856. The number of benzene rings is 2. The van der Waals surface area contributed by atoms with E-state index in [9.17, 15) is 8.42 Å². The highest BCUT2D eigenvalue weighted by Gasteiger charge is 2.28.